The highest BCUT2D eigenvalue weighted by Gasteiger charge is 2.11. The molecular weight excluding hydrogens is 226 g/mol. The highest BCUT2D eigenvalue weighted by atomic mass is 16.5. The molecule has 0 unspecified atom stereocenters. The van der Waals surface area contributed by atoms with E-state index < -0.39 is 11.9 Å². The monoisotopic (exact) mass is 237 g/mol. The molecule has 0 bridgehead atoms. The van der Waals surface area contributed by atoms with Crippen molar-refractivity contribution in [2.24, 2.45) is 0 Å². The number of carbonyl (C=O) groups is 2. The molecule has 17 heavy (non-hydrogen) atoms. The van der Waals surface area contributed by atoms with E-state index in [1.807, 2.05) is 0 Å². The maximum absolute atomic E-state index is 10.9. The Labute approximate surface area is 97.2 Å². The van der Waals surface area contributed by atoms with Crippen LogP contribution in [0, 0.1) is 0 Å². The molecule has 1 amide bonds. The van der Waals surface area contributed by atoms with Crippen LogP contribution in [-0.2, 0) is 9.59 Å². The van der Waals surface area contributed by atoms with Crippen LogP contribution < -0.4 is 10.1 Å². The Morgan fingerprint density at radius 3 is 2.59 bits per heavy atom. The van der Waals surface area contributed by atoms with Crippen molar-refractivity contribution in [2.75, 3.05) is 7.11 Å². The molecule has 0 aliphatic carbocycles. The van der Waals surface area contributed by atoms with E-state index in [4.69, 9.17) is 9.84 Å². The first kappa shape index (κ1) is 12.6. The van der Waals surface area contributed by atoms with Gasteiger partial charge in [-0.15, -0.1) is 0 Å². The van der Waals surface area contributed by atoms with Crippen molar-refractivity contribution in [2.45, 2.75) is 6.92 Å². The summed E-state index contributed by atoms with van der Waals surface area (Å²) in [5.74, 6) is -1.58. The molecule has 0 fully saturated rings. The molecule has 1 aromatic heterocycles. The van der Waals surface area contributed by atoms with Crippen LogP contribution in [0.25, 0.3) is 6.08 Å². The number of hydrogen-bond donors (Lipinski definition) is 2. The van der Waals surface area contributed by atoms with Crippen LogP contribution in [-0.4, -0.2) is 34.1 Å². The molecule has 0 aliphatic rings. The predicted molar refractivity (Wildman–Crippen MR) is 58.0 cm³/mol. The number of nitrogens with zero attached hydrogens (tertiary/aromatic N) is 2. The summed E-state index contributed by atoms with van der Waals surface area (Å²) in [4.78, 5) is 29.4. The number of aliphatic carboxylic acids is 1. The van der Waals surface area contributed by atoms with Crippen LogP contribution in [0.3, 0.4) is 0 Å². The number of carboxylic acid groups (broad SMARTS) is 1. The Kier molecular flexibility index (Phi) is 4.15. The summed E-state index contributed by atoms with van der Waals surface area (Å²) in [5, 5.41) is 11.1. The molecule has 0 aromatic carbocycles. The van der Waals surface area contributed by atoms with Gasteiger partial charge in [-0.2, -0.15) is 0 Å². The summed E-state index contributed by atoms with van der Waals surface area (Å²) >= 11 is 0. The van der Waals surface area contributed by atoms with E-state index in [2.05, 4.69) is 15.3 Å². The number of nitrogens with one attached hydrogen (secondary N) is 1. The van der Waals surface area contributed by atoms with E-state index in [-0.39, 0.29) is 17.3 Å². The average Bonchev–Trinajstić information content (AvgIpc) is 2.28. The minimum absolute atomic E-state index is 0.177. The molecule has 7 heteroatoms. The molecule has 7 nitrogen and oxygen atoms in total. The lowest BCUT2D eigenvalue weighted by molar-refractivity contribution is -0.134. The molecule has 0 saturated heterocycles. The van der Waals surface area contributed by atoms with Crippen LogP contribution >= 0.6 is 0 Å². The van der Waals surface area contributed by atoms with Gasteiger partial charge in [-0.3, -0.25) is 4.79 Å². The number of methoxy groups -OCH3 is 1. The second-order valence-electron chi connectivity index (χ2n) is 3.00. The first-order valence-corrected chi connectivity index (χ1v) is 4.62. The van der Waals surface area contributed by atoms with Crippen LogP contribution in [0.2, 0.25) is 0 Å². The van der Waals surface area contributed by atoms with Crippen LogP contribution in [0.15, 0.2) is 18.1 Å². The van der Waals surface area contributed by atoms with E-state index in [0.29, 0.717) is 0 Å². The van der Waals surface area contributed by atoms with Crippen molar-refractivity contribution in [1.82, 2.24) is 15.3 Å². The van der Waals surface area contributed by atoms with Gasteiger partial charge in [-0.1, -0.05) is 0 Å². The largest absolute Gasteiger partial charge is 0.479 e. The van der Waals surface area contributed by atoms with E-state index in [1.54, 1.807) is 0 Å². The van der Waals surface area contributed by atoms with Crippen molar-refractivity contribution < 1.29 is 19.4 Å². The lowest BCUT2D eigenvalue weighted by atomic mass is 10.3. The third-order valence-corrected chi connectivity index (χ3v) is 1.71. The van der Waals surface area contributed by atoms with E-state index in [9.17, 15) is 9.59 Å². The topological polar surface area (TPSA) is 101 Å². The standard InChI is InChI=1S/C10H11N3O4/c1-6(14)13-8(10(15)16)5-7-9(17-2)12-4-3-11-7/h3-5H,1-2H3,(H,13,14)(H,15,16)/b8-5+. The Morgan fingerprint density at radius 1 is 1.41 bits per heavy atom. The third-order valence-electron chi connectivity index (χ3n) is 1.71. The number of carbonyl (C=O) groups excluding carboxylic acids is 1. The normalized spacial score (nSPS) is 10.8. The molecular formula is C10H11N3O4. The molecule has 0 spiro atoms. The van der Waals surface area contributed by atoms with Crippen LogP contribution in [0.4, 0.5) is 0 Å². The van der Waals surface area contributed by atoms with Gasteiger partial charge in [0.05, 0.1) is 7.11 Å². The van der Waals surface area contributed by atoms with Crippen molar-refractivity contribution in [3.63, 3.8) is 0 Å². The lowest BCUT2D eigenvalue weighted by Gasteiger charge is -2.04. The second-order valence-corrected chi connectivity index (χ2v) is 3.00. The number of carboxylic acids is 1. The molecule has 90 valence electrons. The molecule has 0 radical (unpaired) electrons. The van der Waals surface area contributed by atoms with Gasteiger partial charge in [0.25, 0.3) is 0 Å². The molecule has 0 atom stereocenters. The summed E-state index contributed by atoms with van der Waals surface area (Å²) in [5.41, 5.74) is -0.0718. The fourth-order valence-electron chi connectivity index (χ4n) is 1.07. The first-order chi connectivity index (χ1) is 8.04. The maximum atomic E-state index is 10.9. The lowest BCUT2D eigenvalue weighted by Crippen LogP contribution is -2.24. The maximum Gasteiger partial charge on any atom is 0.352 e. The van der Waals surface area contributed by atoms with Crippen molar-refractivity contribution in [3.8, 4) is 5.88 Å². The van der Waals surface area contributed by atoms with Gasteiger partial charge in [0.1, 0.15) is 11.4 Å². The van der Waals surface area contributed by atoms with E-state index >= 15 is 0 Å². The first-order valence-electron chi connectivity index (χ1n) is 4.62. The summed E-state index contributed by atoms with van der Waals surface area (Å²) in [7, 11) is 1.39. The SMILES string of the molecule is COc1nccnc1/C=C(/NC(C)=O)C(=O)O. The van der Waals surface area contributed by atoms with Crippen LogP contribution in [0.5, 0.6) is 5.88 Å². The Bertz CT molecular complexity index is 470. The molecule has 1 aromatic rings. The van der Waals surface area contributed by atoms with Gasteiger partial charge in [0, 0.05) is 25.4 Å². The van der Waals surface area contributed by atoms with Crippen LogP contribution in [0.1, 0.15) is 12.6 Å². The zero-order valence-electron chi connectivity index (χ0n) is 9.30. The highest BCUT2D eigenvalue weighted by molar-refractivity contribution is 5.96. The van der Waals surface area contributed by atoms with Gasteiger partial charge >= 0.3 is 5.97 Å². The minimum Gasteiger partial charge on any atom is -0.479 e. The molecule has 1 heterocycles. The van der Waals surface area contributed by atoms with Gasteiger partial charge in [-0.05, 0) is 0 Å². The number of aromatic nitrogens is 2. The quantitative estimate of drug-likeness (QED) is 0.717. The van der Waals surface area contributed by atoms with Gasteiger partial charge in [0.2, 0.25) is 11.8 Å². The predicted octanol–water partition coefficient (Wildman–Crippen LogP) is 0.0468. The number of amides is 1. The molecule has 1 rings (SSSR count). The van der Waals surface area contributed by atoms with Gasteiger partial charge < -0.3 is 15.2 Å². The highest BCUT2D eigenvalue weighted by Crippen LogP contribution is 2.13. The smallest absolute Gasteiger partial charge is 0.352 e. The van der Waals surface area contributed by atoms with Crippen molar-refractivity contribution >= 4 is 18.0 Å². The Balaban J connectivity index is 3.12. The Morgan fingerprint density at radius 2 is 2.06 bits per heavy atom. The fourth-order valence-corrected chi connectivity index (χ4v) is 1.07. The second kappa shape index (κ2) is 5.59. The van der Waals surface area contributed by atoms with Crippen molar-refractivity contribution in [1.29, 1.82) is 0 Å². The molecule has 2 N–H and O–H groups in total. The zero-order valence-corrected chi connectivity index (χ0v) is 9.30. The number of hydrogen-bond acceptors (Lipinski definition) is 5. The molecule has 0 aliphatic heterocycles. The summed E-state index contributed by atoms with van der Waals surface area (Å²) < 4.78 is 4.91. The average molecular weight is 237 g/mol. The summed E-state index contributed by atoms with van der Waals surface area (Å²) in [6.45, 7) is 1.21. The molecule has 0 saturated carbocycles. The third kappa shape index (κ3) is 3.56. The van der Waals surface area contributed by atoms with E-state index in [1.165, 1.54) is 32.5 Å². The zero-order chi connectivity index (χ0) is 12.8. The number of ether oxygens (including phenoxy) is 1. The van der Waals surface area contributed by atoms with E-state index in [0.717, 1.165) is 0 Å². The van der Waals surface area contributed by atoms with Gasteiger partial charge in [0.15, 0.2) is 0 Å². The van der Waals surface area contributed by atoms with Crippen molar-refractivity contribution in [3.05, 3.63) is 23.8 Å². The summed E-state index contributed by atoms with van der Waals surface area (Å²) in [6.07, 6.45) is 3.98. The number of rotatable bonds is 4. The minimum atomic E-state index is -1.27. The Hall–Kier alpha value is -2.44. The van der Waals surface area contributed by atoms with Gasteiger partial charge in [-0.25, -0.2) is 14.8 Å². The fraction of sp³-hybridized carbons (Fsp3) is 0.200. The summed E-state index contributed by atoms with van der Waals surface area (Å²) in [6, 6.07) is 0.